The number of aromatic nitrogens is 2. The molecule has 2 aliphatic rings. The van der Waals surface area contributed by atoms with Gasteiger partial charge in [-0.1, -0.05) is 11.6 Å². The molecule has 1 N–H and O–H groups in total. The fraction of sp³-hybridized carbons (Fsp3) is 0.312. The average molecular weight is 333 g/mol. The molecule has 5 nitrogen and oxygen atoms in total. The van der Waals surface area contributed by atoms with Crippen molar-refractivity contribution in [2.24, 2.45) is 0 Å². The molecule has 7 heteroatoms. The van der Waals surface area contributed by atoms with E-state index in [1.165, 1.54) is 12.1 Å². The van der Waals surface area contributed by atoms with Crippen LogP contribution in [0.1, 0.15) is 24.6 Å². The summed E-state index contributed by atoms with van der Waals surface area (Å²) in [4.78, 5) is 22.5. The molecule has 1 aliphatic heterocycles. The van der Waals surface area contributed by atoms with Crippen LogP contribution in [0.3, 0.4) is 0 Å². The molecule has 0 radical (unpaired) electrons. The Morgan fingerprint density at radius 3 is 2.61 bits per heavy atom. The SMILES string of the molecule is O=C1C(Nc2cc(Cl)nc(C3CC3)n2)CN1c1ccc(F)cc1. The van der Waals surface area contributed by atoms with Crippen molar-refractivity contribution >= 4 is 29.0 Å². The number of carbonyl (C=O) groups excluding carboxylic acids is 1. The van der Waals surface area contributed by atoms with Crippen molar-refractivity contribution in [3.8, 4) is 0 Å². The van der Waals surface area contributed by atoms with E-state index >= 15 is 0 Å². The number of hydrogen-bond donors (Lipinski definition) is 1. The Morgan fingerprint density at radius 2 is 1.96 bits per heavy atom. The van der Waals surface area contributed by atoms with Crippen LogP contribution in [0.25, 0.3) is 0 Å². The minimum atomic E-state index is -0.349. The molecule has 2 fully saturated rings. The van der Waals surface area contributed by atoms with E-state index in [0.29, 0.717) is 29.1 Å². The summed E-state index contributed by atoms with van der Waals surface area (Å²) in [5, 5.41) is 3.48. The van der Waals surface area contributed by atoms with Crippen molar-refractivity contribution in [1.29, 1.82) is 0 Å². The molecule has 1 aromatic heterocycles. The van der Waals surface area contributed by atoms with Crippen molar-refractivity contribution < 1.29 is 9.18 Å². The van der Waals surface area contributed by atoms with Gasteiger partial charge in [-0.05, 0) is 37.1 Å². The van der Waals surface area contributed by atoms with Gasteiger partial charge in [0.05, 0.1) is 6.54 Å². The Labute approximate surface area is 137 Å². The minimum absolute atomic E-state index is 0.0701. The van der Waals surface area contributed by atoms with Crippen LogP contribution in [0, 0.1) is 5.82 Å². The number of β-lactam (4-membered cyclic amide) rings is 1. The van der Waals surface area contributed by atoms with E-state index in [1.807, 2.05) is 0 Å². The highest BCUT2D eigenvalue weighted by atomic mass is 35.5. The van der Waals surface area contributed by atoms with Crippen LogP contribution in [-0.2, 0) is 4.79 Å². The number of benzene rings is 1. The zero-order valence-corrected chi connectivity index (χ0v) is 12.9. The topological polar surface area (TPSA) is 58.1 Å². The first-order valence-corrected chi connectivity index (χ1v) is 7.86. The highest BCUT2D eigenvalue weighted by Crippen LogP contribution is 2.39. The first-order chi connectivity index (χ1) is 11.1. The lowest BCUT2D eigenvalue weighted by Gasteiger charge is -2.38. The lowest BCUT2D eigenvalue weighted by atomic mass is 10.1. The summed E-state index contributed by atoms with van der Waals surface area (Å²) < 4.78 is 12.9. The molecule has 4 rings (SSSR count). The predicted molar refractivity (Wildman–Crippen MR) is 85.2 cm³/mol. The summed E-state index contributed by atoms with van der Waals surface area (Å²) in [6.07, 6.45) is 2.17. The molecular formula is C16H14ClFN4O. The van der Waals surface area contributed by atoms with E-state index in [9.17, 15) is 9.18 Å². The highest BCUT2D eigenvalue weighted by molar-refractivity contribution is 6.29. The Hall–Kier alpha value is -2.21. The molecule has 2 aromatic rings. The fourth-order valence-electron chi connectivity index (χ4n) is 2.60. The largest absolute Gasteiger partial charge is 0.357 e. The molecule has 1 saturated carbocycles. The van der Waals surface area contributed by atoms with Crippen LogP contribution in [0.2, 0.25) is 5.15 Å². The van der Waals surface area contributed by atoms with E-state index < -0.39 is 0 Å². The molecule has 2 heterocycles. The van der Waals surface area contributed by atoms with Crippen molar-refractivity contribution in [2.45, 2.75) is 24.8 Å². The lowest BCUT2D eigenvalue weighted by Crippen LogP contribution is -2.60. The third-order valence-corrected chi connectivity index (χ3v) is 4.24. The first kappa shape index (κ1) is 14.4. The molecule has 0 bridgehead atoms. The second-order valence-electron chi connectivity index (χ2n) is 5.83. The molecule has 1 amide bonds. The van der Waals surface area contributed by atoms with Crippen LogP contribution in [-0.4, -0.2) is 28.5 Å². The zero-order chi connectivity index (χ0) is 16.0. The van der Waals surface area contributed by atoms with Crippen LogP contribution in [0.4, 0.5) is 15.9 Å². The van der Waals surface area contributed by atoms with Crippen molar-refractivity contribution in [3.05, 3.63) is 47.1 Å². The van der Waals surface area contributed by atoms with Crippen LogP contribution >= 0.6 is 11.6 Å². The molecule has 1 atom stereocenters. The molecular weight excluding hydrogens is 319 g/mol. The van der Waals surface area contributed by atoms with E-state index in [4.69, 9.17) is 11.6 Å². The monoisotopic (exact) mass is 332 g/mol. The number of nitrogens with one attached hydrogen (secondary N) is 1. The minimum Gasteiger partial charge on any atom is -0.357 e. The molecule has 1 aliphatic carbocycles. The highest BCUT2D eigenvalue weighted by Gasteiger charge is 2.38. The molecule has 1 saturated heterocycles. The maximum Gasteiger partial charge on any atom is 0.251 e. The van der Waals surface area contributed by atoms with Gasteiger partial charge in [-0.25, -0.2) is 14.4 Å². The van der Waals surface area contributed by atoms with Gasteiger partial charge in [0.25, 0.3) is 5.91 Å². The van der Waals surface area contributed by atoms with Crippen LogP contribution in [0.5, 0.6) is 0 Å². The Balaban J connectivity index is 1.45. The molecule has 1 unspecified atom stereocenters. The number of nitrogens with zero attached hydrogens (tertiary/aromatic N) is 3. The van der Waals surface area contributed by atoms with Gasteiger partial charge in [0, 0.05) is 17.7 Å². The molecule has 118 valence electrons. The lowest BCUT2D eigenvalue weighted by molar-refractivity contribution is -0.123. The van der Waals surface area contributed by atoms with Gasteiger partial charge in [0.15, 0.2) is 0 Å². The van der Waals surface area contributed by atoms with Crippen molar-refractivity contribution in [2.75, 3.05) is 16.8 Å². The van der Waals surface area contributed by atoms with Crippen LogP contribution < -0.4 is 10.2 Å². The van der Waals surface area contributed by atoms with Gasteiger partial charge in [-0.15, -0.1) is 0 Å². The third kappa shape index (κ3) is 2.86. The van der Waals surface area contributed by atoms with Gasteiger partial charge >= 0.3 is 0 Å². The van der Waals surface area contributed by atoms with Crippen LogP contribution in [0.15, 0.2) is 30.3 Å². The summed E-state index contributed by atoms with van der Waals surface area (Å²) in [6, 6.07) is 7.15. The Kier molecular flexibility index (Phi) is 3.41. The van der Waals surface area contributed by atoms with Gasteiger partial charge in [0.1, 0.15) is 28.7 Å². The molecule has 23 heavy (non-hydrogen) atoms. The second kappa shape index (κ2) is 5.45. The summed E-state index contributed by atoms with van der Waals surface area (Å²) in [6.45, 7) is 0.505. The maximum atomic E-state index is 12.9. The predicted octanol–water partition coefficient (Wildman–Crippen LogP) is 2.97. The maximum absolute atomic E-state index is 12.9. The van der Waals surface area contributed by atoms with Gasteiger partial charge < -0.3 is 10.2 Å². The first-order valence-electron chi connectivity index (χ1n) is 7.48. The third-order valence-electron chi connectivity index (χ3n) is 4.04. The van der Waals surface area contributed by atoms with Gasteiger partial charge in [-0.3, -0.25) is 4.79 Å². The normalized spacial score (nSPS) is 20.3. The van der Waals surface area contributed by atoms with Gasteiger partial charge in [0.2, 0.25) is 0 Å². The average Bonchev–Trinajstić information content (AvgIpc) is 3.36. The van der Waals surface area contributed by atoms with E-state index in [2.05, 4.69) is 15.3 Å². The Morgan fingerprint density at radius 1 is 1.22 bits per heavy atom. The van der Waals surface area contributed by atoms with E-state index in [-0.39, 0.29) is 17.8 Å². The van der Waals surface area contributed by atoms with Gasteiger partial charge in [-0.2, -0.15) is 0 Å². The fourth-order valence-corrected chi connectivity index (χ4v) is 2.79. The Bertz CT molecular complexity index is 763. The van der Waals surface area contributed by atoms with E-state index in [1.54, 1.807) is 23.1 Å². The number of rotatable bonds is 4. The summed E-state index contributed by atoms with van der Waals surface area (Å²) in [5.41, 5.74) is 0.689. The quantitative estimate of drug-likeness (QED) is 0.691. The second-order valence-corrected chi connectivity index (χ2v) is 6.22. The number of halogens is 2. The number of anilines is 2. The van der Waals surface area contributed by atoms with Crippen molar-refractivity contribution in [1.82, 2.24) is 9.97 Å². The van der Waals surface area contributed by atoms with E-state index in [0.717, 1.165) is 18.7 Å². The van der Waals surface area contributed by atoms with Crippen molar-refractivity contribution in [3.63, 3.8) is 0 Å². The number of hydrogen-bond acceptors (Lipinski definition) is 4. The molecule has 0 spiro atoms. The summed E-state index contributed by atoms with van der Waals surface area (Å²) in [7, 11) is 0. The summed E-state index contributed by atoms with van der Waals surface area (Å²) in [5.74, 6) is 1.31. The summed E-state index contributed by atoms with van der Waals surface area (Å²) >= 11 is 6.02. The standard InChI is InChI=1S/C16H14ClFN4O/c17-13-7-14(21-15(20-13)9-1-2-9)19-12-8-22(16(12)23)11-5-3-10(18)4-6-11/h3-7,9,12H,1-2,8H2,(H,19,20,21). The number of carbonyl (C=O) groups is 1. The molecule has 1 aromatic carbocycles. The zero-order valence-electron chi connectivity index (χ0n) is 12.2. The number of amides is 1. The smallest absolute Gasteiger partial charge is 0.251 e.